The fourth-order valence-electron chi connectivity index (χ4n) is 4.44. The van der Waals surface area contributed by atoms with Crippen molar-refractivity contribution in [2.24, 2.45) is 5.92 Å². The first-order valence-corrected chi connectivity index (χ1v) is 10.3. The van der Waals surface area contributed by atoms with Crippen LogP contribution >= 0.6 is 0 Å². The Balaban J connectivity index is 1.79. The Bertz CT molecular complexity index is 1030. The highest BCUT2D eigenvalue weighted by Gasteiger charge is 2.49. The molecule has 0 saturated heterocycles. The van der Waals surface area contributed by atoms with Crippen molar-refractivity contribution >= 4 is 16.6 Å². The van der Waals surface area contributed by atoms with E-state index in [1.165, 1.54) is 0 Å². The number of allylic oxidation sites excluding steroid dienone is 2. The summed E-state index contributed by atoms with van der Waals surface area (Å²) in [7, 11) is -1.35. The third kappa shape index (κ3) is 2.87. The molecule has 0 spiro atoms. The molecule has 136 valence electrons. The summed E-state index contributed by atoms with van der Waals surface area (Å²) in [6.07, 6.45) is 1.70. The smallest absolute Gasteiger partial charge is 0.159 e. The van der Waals surface area contributed by atoms with E-state index in [0.29, 0.717) is 24.2 Å². The van der Waals surface area contributed by atoms with Crippen molar-refractivity contribution in [2.75, 3.05) is 0 Å². The Labute approximate surface area is 162 Å². The fraction of sp³-hybridized carbons (Fsp3) is 0.304. The molecule has 4 rings (SSSR count). The Kier molecular flexibility index (Phi) is 4.36. The number of carbonyl (C=O) groups is 1. The molecule has 1 fully saturated rings. The SMILES string of the molecule is CC1=C2C[C@@](C#N)(c3ccccc3[S@@](=O)c3ccc(C)cc3)C[C@H]2CC1=O. The summed E-state index contributed by atoms with van der Waals surface area (Å²) in [4.78, 5) is 13.5. The van der Waals surface area contributed by atoms with Crippen LogP contribution in [0, 0.1) is 24.2 Å². The van der Waals surface area contributed by atoms with Crippen LogP contribution in [-0.2, 0) is 21.0 Å². The third-order valence-electron chi connectivity index (χ3n) is 5.96. The second kappa shape index (κ2) is 6.58. The lowest BCUT2D eigenvalue weighted by Gasteiger charge is -2.24. The normalized spacial score (nSPS) is 25.4. The quantitative estimate of drug-likeness (QED) is 0.786. The molecule has 0 aromatic heterocycles. The highest BCUT2D eigenvalue weighted by molar-refractivity contribution is 7.85. The second-order valence-corrected chi connectivity index (χ2v) is 9.08. The molecule has 2 aromatic carbocycles. The number of ketones is 1. The van der Waals surface area contributed by atoms with E-state index < -0.39 is 16.2 Å². The summed E-state index contributed by atoms with van der Waals surface area (Å²) in [5, 5.41) is 10.1. The lowest BCUT2D eigenvalue weighted by Crippen LogP contribution is -2.23. The van der Waals surface area contributed by atoms with Gasteiger partial charge in [0.2, 0.25) is 0 Å². The maximum absolute atomic E-state index is 13.3. The number of fused-ring (bicyclic) bond motifs is 1. The third-order valence-corrected chi connectivity index (χ3v) is 7.42. The first-order chi connectivity index (χ1) is 12.9. The molecule has 27 heavy (non-hydrogen) atoms. The Hall–Kier alpha value is -2.51. The van der Waals surface area contributed by atoms with Crippen molar-refractivity contribution in [3.8, 4) is 6.07 Å². The van der Waals surface area contributed by atoms with Gasteiger partial charge in [0.25, 0.3) is 0 Å². The van der Waals surface area contributed by atoms with E-state index in [2.05, 4.69) is 6.07 Å². The van der Waals surface area contributed by atoms with Crippen LogP contribution < -0.4 is 0 Å². The number of benzene rings is 2. The van der Waals surface area contributed by atoms with E-state index in [9.17, 15) is 14.3 Å². The molecule has 0 heterocycles. The topological polar surface area (TPSA) is 57.9 Å². The van der Waals surface area contributed by atoms with Gasteiger partial charge < -0.3 is 0 Å². The molecular formula is C23H21NO2S. The van der Waals surface area contributed by atoms with Crippen molar-refractivity contribution in [3.63, 3.8) is 0 Å². The van der Waals surface area contributed by atoms with Gasteiger partial charge in [0, 0.05) is 16.2 Å². The van der Waals surface area contributed by atoms with Crippen molar-refractivity contribution in [2.45, 2.75) is 48.3 Å². The summed E-state index contributed by atoms with van der Waals surface area (Å²) < 4.78 is 13.3. The molecule has 2 aromatic rings. The van der Waals surface area contributed by atoms with Crippen molar-refractivity contribution < 1.29 is 9.00 Å². The Morgan fingerprint density at radius 1 is 1.11 bits per heavy atom. The zero-order chi connectivity index (χ0) is 19.2. The van der Waals surface area contributed by atoms with Gasteiger partial charge in [-0.2, -0.15) is 5.26 Å². The van der Waals surface area contributed by atoms with Gasteiger partial charge in [0.15, 0.2) is 5.78 Å². The first-order valence-electron chi connectivity index (χ1n) is 9.17. The van der Waals surface area contributed by atoms with Crippen molar-refractivity contribution in [1.29, 1.82) is 5.26 Å². The number of hydrogen-bond donors (Lipinski definition) is 0. The molecule has 0 unspecified atom stereocenters. The second-order valence-electron chi connectivity index (χ2n) is 7.63. The number of nitrogens with zero attached hydrogens (tertiary/aromatic N) is 1. The van der Waals surface area contributed by atoms with Crippen molar-refractivity contribution in [3.05, 3.63) is 70.8 Å². The molecule has 3 atom stereocenters. The number of rotatable bonds is 3. The highest BCUT2D eigenvalue weighted by atomic mass is 32.2. The number of hydrogen-bond acceptors (Lipinski definition) is 3. The number of carbonyl (C=O) groups excluding carboxylic acids is 1. The van der Waals surface area contributed by atoms with Crippen molar-refractivity contribution in [1.82, 2.24) is 0 Å². The van der Waals surface area contributed by atoms with Gasteiger partial charge >= 0.3 is 0 Å². The standard InChI is InChI=1S/C23H21NO2S/c1-15-7-9-18(10-8-15)27(26)22-6-4-3-5-20(22)23(14-24)12-17-11-21(25)16(2)19(17)13-23/h3-10,17H,11-13H2,1-2H3/t17-,23+,27+/m1/s1. The Morgan fingerprint density at radius 2 is 1.81 bits per heavy atom. The molecule has 0 amide bonds. The lowest BCUT2D eigenvalue weighted by atomic mass is 9.78. The van der Waals surface area contributed by atoms with Crippen LogP contribution in [0.1, 0.15) is 37.3 Å². The van der Waals surface area contributed by atoms with Crippen LogP contribution in [0.3, 0.4) is 0 Å². The minimum Gasteiger partial charge on any atom is -0.295 e. The van der Waals surface area contributed by atoms with Crippen LogP contribution in [0.15, 0.2) is 69.5 Å². The number of aryl methyl sites for hydroxylation is 1. The largest absolute Gasteiger partial charge is 0.295 e. The first kappa shape index (κ1) is 17.9. The number of Topliss-reactive ketones (excluding diaryl/α,β-unsaturated/α-hetero) is 1. The van der Waals surface area contributed by atoms with Crippen LogP contribution in [-0.4, -0.2) is 9.99 Å². The minimum atomic E-state index is -1.35. The zero-order valence-corrected chi connectivity index (χ0v) is 16.3. The molecule has 0 bridgehead atoms. The molecule has 1 saturated carbocycles. The maximum atomic E-state index is 13.3. The van der Waals surface area contributed by atoms with Gasteiger partial charge in [-0.25, -0.2) is 4.21 Å². The summed E-state index contributed by atoms with van der Waals surface area (Å²) >= 11 is 0. The number of nitriles is 1. The van der Waals surface area contributed by atoms with Crippen LogP contribution in [0.2, 0.25) is 0 Å². The van der Waals surface area contributed by atoms with Gasteiger partial charge in [0.1, 0.15) is 0 Å². The molecule has 0 aliphatic heterocycles. The van der Waals surface area contributed by atoms with Gasteiger partial charge in [0.05, 0.1) is 22.3 Å². The monoisotopic (exact) mass is 375 g/mol. The summed E-state index contributed by atoms with van der Waals surface area (Å²) in [6.45, 7) is 3.88. The molecule has 0 N–H and O–H groups in total. The maximum Gasteiger partial charge on any atom is 0.159 e. The van der Waals surface area contributed by atoms with Gasteiger partial charge in [-0.1, -0.05) is 41.5 Å². The van der Waals surface area contributed by atoms with E-state index in [1.54, 1.807) is 0 Å². The predicted molar refractivity (Wildman–Crippen MR) is 105 cm³/mol. The van der Waals surface area contributed by atoms with Gasteiger partial charge in [-0.15, -0.1) is 0 Å². The highest BCUT2D eigenvalue weighted by Crippen LogP contribution is 2.53. The van der Waals surface area contributed by atoms with Gasteiger partial charge in [-0.05, 0) is 61.9 Å². The van der Waals surface area contributed by atoms with E-state index in [1.807, 2.05) is 62.4 Å². The van der Waals surface area contributed by atoms with Gasteiger partial charge in [-0.3, -0.25) is 4.79 Å². The summed E-state index contributed by atoms with van der Waals surface area (Å²) in [6, 6.07) is 17.8. The Morgan fingerprint density at radius 3 is 2.48 bits per heavy atom. The van der Waals surface area contributed by atoms with Crippen LogP contribution in [0.4, 0.5) is 0 Å². The molecular weight excluding hydrogens is 354 g/mol. The molecule has 3 nitrogen and oxygen atoms in total. The predicted octanol–water partition coefficient (Wildman–Crippen LogP) is 4.62. The van der Waals surface area contributed by atoms with E-state index in [4.69, 9.17) is 0 Å². The minimum absolute atomic E-state index is 0.151. The van der Waals surface area contributed by atoms with E-state index in [-0.39, 0.29) is 11.7 Å². The molecule has 2 aliphatic rings. The molecule has 4 heteroatoms. The molecule has 0 radical (unpaired) electrons. The average molecular weight is 375 g/mol. The average Bonchev–Trinajstić information content (AvgIpc) is 3.18. The lowest BCUT2D eigenvalue weighted by molar-refractivity contribution is -0.115. The zero-order valence-electron chi connectivity index (χ0n) is 15.5. The summed E-state index contributed by atoms with van der Waals surface area (Å²) in [5.74, 6) is 0.357. The molecule has 2 aliphatic carbocycles. The summed E-state index contributed by atoms with van der Waals surface area (Å²) in [5.41, 5.74) is 3.20. The van der Waals surface area contributed by atoms with E-state index in [0.717, 1.165) is 27.2 Å². The van der Waals surface area contributed by atoms with Crippen LogP contribution in [0.25, 0.3) is 0 Å². The fourth-order valence-corrected chi connectivity index (χ4v) is 5.74. The van der Waals surface area contributed by atoms with Crippen LogP contribution in [0.5, 0.6) is 0 Å². The van der Waals surface area contributed by atoms with E-state index >= 15 is 0 Å².